The second-order valence-electron chi connectivity index (χ2n) is 7.28. The summed E-state index contributed by atoms with van der Waals surface area (Å²) in [5.74, 6) is -0.121. The fourth-order valence-electron chi connectivity index (χ4n) is 3.16. The highest BCUT2D eigenvalue weighted by Gasteiger charge is 2.31. The van der Waals surface area contributed by atoms with Crippen molar-refractivity contribution < 1.29 is 22.9 Å². The zero-order valence-corrected chi connectivity index (χ0v) is 17.7. The number of nitrogens with one attached hydrogen (secondary N) is 2. The van der Waals surface area contributed by atoms with Gasteiger partial charge in [-0.15, -0.1) is 0 Å². The molecule has 1 atom stereocenters. The minimum absolute atomic E-state index is 0.0500. The van der Waals surface area contributed by atoms with Crippen LogP contribution in [-0.2, 0) is 19.6 Å². The molecular weight excluding hydrogens is 380 g/mol. The van der Waals surface area contributed by atoms with Gasteiger partial charge in [0.1, 0.15) is 0 Å². The summed E-state index contributed by atoms with van der Waals surface area (Å²) in [4.78, 5) is 27.4. The molecule has 2 amide bonds. The van der Waals surface area contributed by atoms with E-state index in [0.717, 1.165) is 4.90 Å². The van der Waals surface area contributed by atoms with Crippen LogP contribution >= 0.6 is 0 Å². The second-order valence-corrected chi connectivity index (χ2v) is 9.22. The van der Waals surface area contributed by atoms with Gasteiger partial charge in [-0.05, 0) is 32.9 Å². The van der Waals surface area contributed by atoms with Gasteiger partial charge in [-0.2, -0.15) is 4.31 Å². The molecule has 8 nitrogen and oxygen atoms in total. The van der Waals surface area contributed by atoms with E-state index in [1.54, 1.807) is 35.2 Å². The average Bonchev–Trinajstić information content (AvgIpc) is 2.67. The van der Waals surface area contributed by atoms with Crippen LogP contribution in [0.5, 0.6) is 0 Å². The lowest BCUT2D eigenvalue weighted by Gasteiger charge is -2.34. The maximum absolute atomic E-state index is 12.7. The Balaban J connectivity index is 1.88. The Morgan fingerprint density at radius 1 is 1.07 bits per heavy atom. The molecule has 0 aromatic heterocycles. The Bertz CT molecular complexity index is 759. The third-order valence-corrected chi connectivity index (χ3v) is 6.65. The van der Waals surface area contributed by atoms with Crippen LogP contribution in [0.1, 0.15) is 20.8 Å². The molecule has 1 fully saturated rings. The van der Waals surface area contributed by atoms with Crippen LogP contribution in [0, 0.1) is 0 Å². The monoisotopic (exact) mass is 411 g/mol. The van der Waals surface area contributed by atoms with Crippen molar-refractivity contribution >= 4 is 21.8 Å². The molecule has 28 heavy (non-hydrogen) atoms. The summed E-state index contributed by atoms with van der Waals surface area (Å²) in [5.41, 5.74) is 0. The zero-order chi connectivity index (χ0) is 20.7. The zero-order valence-electron chi connectivity index (χ0n) is 16.8. The third-order valence-electron chi connectivity index (χ3n) is 4.73. The van der Waals surface area contributed by atoms with Gasteiger partial charge in [0.2, 0.25) is 10.0 Å². The van der Waals surface area contributed by atoms with Gasteiger partial charge >= 0.3 is 0 Å². The fourth-order valence-corrected chi connectivity index (χ4v) is 4.60. The molecule has 1 unspecified atom stereocenters. The van der Waals surface area contributed by atoms with Crippen LogP contribution in [0.3, 0.4) is 0 Å². The summed E-state index contributed by atoms with van der Waals surface area (Å²) in [6, 6.07) is 8.41. The van der Waals surface area contributed by atoms with Crippen molar-refractivity contribution in [3.05, 3.63) is 30.3 Å². The molecule has 0 saturated carbocycles. The minimum Gasteiger partial charge on any atom is -0.349 e. The number of hydrogen-bond acceptors (Lipinski definition) is 4. The molecule has 1 aromatic rings. The molecule has 0 aliphatic carbocycles. The maximum Gasteiger partial charge on any atom is 0.277 e. The fraction of sp³-hybridized carbons (Fsp3) is 0.579. The van der Waals surface area contributed by atoms with Crippen LogP contribution in [0.15, 0.2) is 35.2 Å². The smallest absolute Gasteiger partial charge is 0.277 e. The number of carbonyl (C=O) groups is 2. The van der Waals surface area contributed by atoms with Crippen molar-refractivity contribution in [1.29, 1.82) is 0 Å². The first-order chi connectivity index (χ1) is 13.2. The van der Waals surface area contributed by atoms with Crippen molar-refractivity contribution in [2.75, 3.05) is 45.8 Å². The van der Waals surface area contributed by atoms with Gasteiger partial charge in [0.15, 0.2) is 13.1 Å². The molecule has 0 radical (unpaired) electrons. The van der Waals surface area contributed by atoms with E-state index in [2.05, 4.69) is 5.32 Å². The lowest BCUT2D eigenvalue weighted by molar-refractivity contribution is -0.882. The van der Waals surface area contributed by atoms with Gasteiger partial charge in [-0.25, -0.2) is 8.42 Å². The number of nitrogens with zero attached hydrogens (tertiary/aromatic N) is 2. The SMILES string of the molecule is CC[NH+](CC(=O)NC(C)C)CC(=O)N1CCN(S(=O)(=O)c2ccccc2)CC1. The minimum atomic E-state index is -3.53. The Morgan fingerprint density at radius 2 is 1.68 bits per heavy atom. The van der Waals surface area contributed by atoms with E-state index in [1.165, 1.54) is 4.31 Å². The van der Waals surface area contributed by atoms with E-state index < -0.39 is 10.0 Å². The van der Waals surface area contributed by atoms with Crippen LogP contribution in [-0.4, -0.2) is 81.3 Å². The molecule has 0 bridgehead atoms. The number of rotatable bonds is 8. The number of benzene rings is 1. The normalized spacial score (nSPS) is 16.8. The number of carbonyl (C=O) groups excluding carboxylic acids is 2. The number of sulfonamides is 1. The lowest BCUT2D eigenvalue weighted by Crippen LogP contribution is -3.14. The Morgan fingerprint density at radius 3 is 2.21 bits per heavy atom. The van der Waals surface area contributed by atoms with Gasteiger partial charge in [-0.1, -0.05) is 18.2 Å². The quantitative estimate of drug-likeness (QED) is 0.571. The summed E-state index contributed by atoms with van der Waals surface area (Å²) in [6.45, 7) is 8.16. The van der Waals surface area contributed by atoms with Gasteiger partial charge in [-0.3, -0.25) is 9.59 Å². The Hall–Kier alpha value is -1.97. The molecule has 1 aliphatic heterocycles. The van der Waals surface area contributed by atoms with E-state index in [-0.39, 0.29) is 48.9 Å². The number of piperazine rings is 1. The predicted molar refractivity (Wildman–Crippen MR) is 106 cm³/mol. The summed E-state index contributed by atoms with van der Waals surface area (Å²) in [7, 11) is -3.53. The lowest BCUT2D eigenvalue weighted by atomic mass is 10.3. The summed E-state index contributed by atoms with van der Waals surface area (Å²) >= 11 is 0. The molecule has 0 spiro atoms. The van der Waals surface area contributed by atoms with Crippen LogP contribution in [0.25, 0.3) is 0 Å². The Kier molecular flexibility index (Phi) is 7.97. The number of hydrogen-bond donors (Lipinski definition) is 2. The number of likely N-dealkylation sites (N-methyl/N-ethyl adjacent to an activating group) is 1. The van der Waals surface area contributed by atoms with Crippen molar-refractivity contribution in [3.63, 3.8) is 0 Å². The van der Waals surface area contributed by atoms with Gasteiger partial charge in [0, 0.05) is 32.2 Å². The van der Waals surface area contributed by atoms with E-state index in [9.17, 15) is 18.0 Å². The highest BCUT2D eigenvalue weighted by molar-refractivity contribution is 7.89. The first-order valence-electron chi connectivity index (χ1n) is 9.70. The molecule has 2 rings (SSSR count). The van der Waals surface area contributed by atoms with Gasteiger partial charge in [0.05, 0.1) is 11.4 Å². The van der Waals surface area contributed by atoms with Gasteiger partial charge in [0.25, 0.3) is 11.8 Å². The number of amides is 2. The third kappa shape index (κ3) is 6.02. The standard InChI is InChI=1S/C19H30N4O4S/c1-4-21(14-18(24)20-16(2)3)15-19(25)22-10-12-23(13-11-22)28(26,27)17-8-6-5-7-9-17/h5-9,16H,4,10-15H2,1-3H3,(H,20,24)/p+1. The van der Waals surface area contributed by atoms with Crippen molar-refractivity contribution in [2.45, 2.75) is 31.7 Å². The molecular formula is C19H31N4O4S+. The van der Waals surface area contributed by atoms with Crippen molar-refractivity contribution in [1.82, 2.24) is 14.5 Å². The molecule has 1 heterocycles. The van der Waals surface area contributed by atoms with E-state index in [1.807, 2.05) is 20.8 Å². The molecule has 1 saturated heterocycles. The molecule has 9 heteroatoms. The van der Waals surface area contributed by atoms with E-state index >= 15 is 0 Å². The highest BCUT2D eigenvalue weighted by Crippen LogP contribution is 2.17. The molecule has 1 aliphatic rings. The van der Waals surface area contributed by atoms with Crippen molar-refractivity contribution in [2.24, 2.45) is 0 Å². The first kappa shape index (κ1) is 22.3. The predicted octanol–water partition coefficient (Wildman–Crippen LogP) is -1.05. The highest BCUT2D eigenvalue weighted by atomic mass is 32.2. The topological polar surface area (TPSA) is 91.2 Å². The Labute approximate surface area is 167 Å². The number of quaternary nitrogens is 1. The van der Waals surface area contributed by atoms with Crippen LogP contribution in [0.4, 0.5) is 0 Å². The molecule has 2 N–H and O–H groups in total. The van der Waals surface area contributed by atoms with Crippen molar-refractivity contribution in [3.8, 4) is 0 Å². The van der Waals surface area contributed by atoms with Gasteiger partial charge < -0.3 is 15.1 Å². The molecule has 1 aromatic carbocycles. The summed E-state index contributed by atoms with van der Waals surface area (Å²) in [6.07, 6.45) is 0. The van der Waals surface area contributed by atoms with E-state index in [0.29, 0.717) is 19.6 Å². The first-order valence-corrected chi connectivity index (χ1v) is 11.1. The average molecular weight is 412 g/mol. The second kappa shape index (κ2) is 9.99. The largest absolute Gasteiger partial charge is 0.349 e. The van der Waals surface area contributed by atoms with Crippen LogP contribution < -0.4 is 10.2 Å². The maximum atomic E-state index is 12.7. The summed E-state index contributed by atoms with van der Waals surface area (Å²) < 4.78 is 26.8. The van der Waals surface area contributed by atoms with Crippen LogP contribution in [0.2, 0.25) is 0 Å². The van der Waals surface area contributed by atoms with E-state index in [4.69, 9.17) is 0 Å². The summed E-state index contributed by atoms with van der Waals surface area (Å²) in [5, 5.41) is 2.84. The molecule has 156 valence electrons.